The summed E-state index contributed by atoms with van der Waals surface area (Å²) in [4.78, 5) is 18.5. The summed E-state index contributed by atoms with van der Waals surface area (Å²) in [5.41, 5.74) is 6.04. The first-order chi connectivity index (χ1) is 9.13. The zero-order chi connectivity index (χ0) is 13.8. The molecule has 1 aliphatic carbocycles. The summed E-state index contributed by atoms with van der Waals surface area (Å²) in [5, 5.41) is 0. The Balaban J connectivity index is 2.14. The van der Waals surface area contributed by atoms with Crippen LogP contribution in [0.15, 0.2) is 18.2 Å². The Bertz CT molecular complexity index is 446. The maximum atomic E-state index is 12.5. The van der Waals surface area contributed by atoms with E-state index in [4.69, 9.17) is 10.5 Å². The minimum absolute atomic E-state index is 0.0660. The third-order valence-electron chi connectivity index (χ3n) is 3.58. The van der Waals surface area contributed by atoms with Crippen LogP contribution in [0.1, 0.15) is 30.3 Å². The number of ether oxygens (including phenoxy) is 1. The zero-order valence-corrected chi connectivity index (χ0v) is 11.5. The molecule has 5 heteroatoms. The molecular formula is C14H21N3O2. The highest BCUT2D eigenvalue weighted by Gasteiger charge is 2.34. The predicted molar refractivity (Wildman–Crippen MR) is 73.7 cm³/mol. The number of anilines is 1. The van der Waals surface area contributed by atoms with Crippen molar-refractivity contribution in [2.24, 2.45) is 5.92 Å². The Morgan fingerprint density at radius 2 is 2.32 bits per heavy atom. The average molecular weight is 263 g/mol. The molecule has 2 N–H and O–H groups in total. The second-order valence-corrected chi connectivity index (χ2v) is 5.02. The number of hydrogen-bond acceptors (Lipinski definition) is 4. The van der Waals surface area contributed by atoms with Gasteiger partial charge in [-0.3, -0.25) is 4.79 Å². The smallest absolute Gasteiger partial charge is 0.272 e. The average Bonchev–Trinajstić information content (AvgIpc) is 3.23. The van der Waals surface area contributed by atoms with Crippen molar-refractivity contribution in [2.45, 2.75) is 25.8 Å². The molecule has 0 radical (unpaired) electrons. The molecule has 0 aromatic carbocycles. The molecule has 1 heterocycles. The summed E-state index contributed by atoms with van der Waals surface area (Å²) in [6.45, 7) is 3.21. The molecule has 5 nitrogen and oxygen atoms in total. The van der Waals surface area contributed by atoms with Crippen LogP contribution in [0.5, 0.6) is 0 Å². The fraction of sp³-hybridized carbons (Fsp3) is 0.571. The lowest BCUT2D eigenvalue weighted by molar-refractivity contribution is 0.0589. The van der Waals surface area contributed by atoms with Crippen LogP contribution >= 0.6 is 0 Å². The van der Waals surface area contributed by atoms with E-state index in [0.717, 1.165) is 0 Å². The van der Waals surface area contributed by atoms with Gasteiger partial charge in [-0.25, -0.2) is 4.98 Å². The van der Waals surface area contributed by atoms with Gasteiger partial charge in [0, 0.05) is 19.7 Å². The van der Waals surface area contributed by atoms with E-state index in [9.17, 15) is 4.79 Å². The van der Waals surface area contributed by atoms with E-state index >= 15 is 0 Å². The SMILES string of the molecule is COCCN(C(=O)c1cccc(N)n1)C(C)C1CC1. The van der Waals surface area contributed by atoms with E-state index in [1.807, 2.05) is 4.90 Å². The molecule has 1 saturated carbocycles. The van der Waals surface area contributed by atoms with Gasteiger partial charge in [0.2, 0.25) is 0 Å². The predicted octanol–water partition coefficient (Wildman–Crippen LogP) is 1.55. The van der Waals surface area contributed by atoms with Crippen LogP contribution in [0.2, 0.25) is 0 Å². The molecule has 0 aliphatic heterocycles. The second kappa shape index (κ2) is 6.02. The summed E-state index contributed by atoms with van der Waals surface area (Å²) >= 11 is 0. The van der Waals surface area contributed by atoms with Gasteiger partial charge in [-0.05, 0) is 37.8 Å². The quantitative estimate of drug-likeness (QED) is 0.845. The summed E-state index contributed by atoms with van der Waals surface area (Å²) in [5.74, 6) is 0.919. The van der Waals surface area contributed by atoms with Gasteiger partial charge in [-0.15, -0.1) is 0 Å². The van der Waals surface area contributed by atoms with Gasteiger partial charge < -0.3 is 15.4 Å². The van der Waals surface area contributed by atoms with E-state index in [1.165, 1.54) is 12.8 Å². The van der Waals surface area contributed by atoms with Gasteiger partial charge >= 0.3 is 0 Å². The number of carbonyl (C=O) groups excluding carboxylic acids is 1. The molecule has 1 aromatic rings. The van der Waals surface area contributed by atoms with Gasteiger partial charge in [-0.1, -0.05) is 6.07 Å². The number of amides is 1. The Morgan fingerprint density at radius 1 is 1.58 bits per heavy atom. The van der Waals surface area contributed by atoms with Crippen LogP contribution in [0, 0.1) is 5.92 Å². The topological polar surface area (TPSA) is 68.5 Å². The van der Waals surface area contributed by atoms with Crippen molar-refractivity contribution in [3.8, 4) is 0 Å². The lowest BCUT2D eigenvalue weighted by Crippen LogP contribution is -2.42. The van der Waals surface area contributed by atoms with Crippen molar-refractivity contribution in [3.05, 3.63) is 23.9 Å². The lowest BCUT2D eigenvalue weighted by Gasteiger charge is -2.29. The molecule has 19 heavy (non-hydrogen) atoms. The number of aromatic nitrogens is 1. The highest BCUT2D eigenvalue weighted by molar-refractivity contribution is 5.92. The molecule has 2 rings (SSSR count). The van der Waals surface area contributed by atoms with E-state index in [1.54, 1.807) is 25.3 Å². The van der Waals surface area contributed by atoms with E-state index in [-0.39, 0.29) is 11.9 Å². The largest absolute Gasteiger partial charge is 0.384 e. The number of pyridine rings is 1. The van der Waals surface area contributed by atoms with Crippen molar-refractivity contribution in [1.82, 2.24) is 9.88 Å². The number of nitrogens with two attached hydrogens (primary N) is 1. The maximum Gasteiger partial charge on any atom is 0.272 e. The fourth-order valence-electron chi connectivity index (χ4n) is 2.23. The Morgan fingerprint density at radius 3 is 2.89 bits per heavy atom. The van der Waals surface area contributed by atoms with Gasteiger partial charge in [-0.2, -0.15) is 0 Å². The third kappa shape index (κ3) is 3.44. The molecule has 1 amide bonds. The number of nitrogen functional groups attached to an aromatic ring is 1. The third-order valence-corrected chi connectivity index (χ3v) is 3.58. The Kier molecular flexibility index (Phi) is 4.37. The Labute approximate surface area is 113 Å². The number of hydrogen-bond donors (Lipinski definition) is 1. The summed E-state index contributed by atoms with van der Waals surface area (Å²) in [6.07, 6.45) is 2.39. The zero-order valence-electron chi connectivity index (χ0n) is 11.5. The minimum atomic E-state index is -0.0660. The first-order valence-corrected chi connectivity index (χ1v) is 6.66. The molecule has 1 aliphatic rings. The van der Waals surface area contributed by atoms with Gasteiger partial charge in [0.25, 0.3) is 5.91 Å². The normalized spacial score (nSPS) is 16.1. The number of nitrogens with zero attached hydrogens (tertiary/aromatic N) is 2. The first-order valence-electron chi connectivity index (χ1n) is 6.66. The van der Waals surface area contributed by atoms with Crippen molar-refractivity contribution in [1.29, 1.82) is 0 Å². The molecule has 1 aromatic heterocycles. The summed E-state index contributed by atoms with van der Waals surface area (Å²) < 4.78 is 5.09. The molecule has 1 unspecified atom stereocenters. The summed E-state index contributed by atoms with van der Waals surface area (Å²) in [7, 11) is 1.64. The lowest BCUT2D eigenvalue weighted by atomic mass is 10.1. The molecule has 0 saturated heterocycles. The Hall–Kier alpha value is -1.62. The highest BCUT2D eigenvalue weighted by Crippen LogP contribution is 2.35. The number of carbonyl (C=O) groups is 1. The maximum absolute atomic E-state index is 12.5. The van der Waals surface area contributed by atoms with Crippen LogP contribution in [-0.4, -0.2) is 42.1 Å². The number of methoxy groups -OCH3 is 1. The van der Waals surface area contributed by atoms with E-state index < -0.39 is 0 Å². The van der Waals surface area contributed by atoms with E-state index in [2.05, 4.69) is 11.9 Å². The number of rotatable bonds is 6. The molecule has 0 spiro atoms. The van der Waals surface area contributed by atoms with Crippen LogP contribution in [0.25, 0.3) is 0 Å². The van der Waals surface area contributed by atoms with Gasteiger partial charge in [0.1, 0.15) is 11.5 Å². The van der Waals surface area contributed by atoms with Crippen LogP contribution < -0.4 is 5.73 Å². The van der Waals surface area contributed by atoms with Gasteiger partial charge in [0.05, 0.1) is 6.61 Å². The van der Waals surface area contributed by atoms with Gasteiger partial charge in [0.15, 0.2) is 0 Å². The molecular weight excluding hydrogens is 242 g/mol. The molecule has 1 fully saturated rings. The second-order valence-electron chi connectivity index (χ2n) is 5.02. The van der Waals surface area contributed by atoms with Crippen molar-refractivity contribution < 1.29 is 9.53 Å². The van der Waals surface area contributed by atoms with Crippen molar-refractivity contribution in [2.75, 3.05) is 26.0 Å². The van der Waals surface area contributed by atoms with Crippen LogP contribution in [0.3, 0.4) is 0 Å². The standard InChI is InChI=1S/C14H21N3O2/c1-10(11-6-7-11)17(8-9-19-2)14(18)12-4-3-5-13(15)16-12/h3-5,10-11H,6-9H2,1-2H3,(H2,15,16). The minimum Gasteiger partial charge on any atom is -0.384 e. The van der Waals surface area contributed by atoms with Crippen LogP contribution in [-0.2, 0) is 4.74 Å². The highest BCUT2D eigenvalue weighted by atomic mass is 16.5. The van der Waals surface area contributed by atoms with E-state index in [0.29, 0.717) is 30.6 Å². The summed E-state index contributed by atoms with van der Waals surface area (Å²) in [6, 6.07) is 5.37. The van der Waals surface area contributed by atoms with Crippen LogP contribution in [0.4, 0.5) is 5.82 Å². The molecule has 1 atom stereocenters. The molecule has 104 valence electrons. The molecule has 0 bridgehead atoms. The van der Waals surface area contributed by atoms with Crippen molar-refractivity contribution in [3.63, 3.8) is 0 Å². The first kappa shape index (κ1) is 13.8. The fourth-order valence-corrected chi connectivity index (χ4v) is 2.23. The monoisotopic (exact) mass is 263 g/mol. The van der Waals surface area contributed by atoms with Crippen molar-refractivity contribution >= 4 is 11.7 Å².